The van der Waals surface area contributed by atoms with Crippen molar-refractivity contribution in [3.05, 3.63) is 136 Å². The van der Waals surface area contributed by atoms with E-state index in [0.29, 0.717) is 24.0 Å². The van der Waals surface area contributed by atoms with Gasteiger partial charge < -0.3 is 9.13 Å². The maximum absolute atomic E-state index is 13.3. The van der Waals surface area contributed by atoms with Gasteiger partial charge >= 0.3 is 0 Å². The molecule has 0 saturated carbocycles. The van der Waals surface area contributed by atoms with Crippen molar-refractivity contribution in [2.45, 2.75) is 43.3 Å². The van der Waals surface area contributed by atoms with E-state index in [4.69, 9.17) is 0 Å². The Bertz CT molecular complexity index is 1610. The van der Waals surface area contributed by atoms with E-state index in [9.17, 15) is 9.18 Å². The third-order valence-electron chi connectivity index (χ3n) is 7.00. The molecule has 0 atom stereocenters. The average molecular weight is 523 g/mol. The van der Waals surface area contributed by atoms with Crippen molar-refractivity contribution < 1.29 is 4.39 Å². The molecule has 38 heavy (non-hydrogen) atoms. The van der Waals surface area contributed by atoms with Crippen molar-refractivity contribution >= 4 is 11.8 Å². The fourth-order valence-electron chi connectivity index (χ4n) is 4.99. The number of hydrogen-bond acceptors (Lipinski definition) is 4. The van der Waals surface area contributed by atoms with Crippen molar-refractivity contribution in [3.8, 4) is 11.1 Å². The second-order valence-electron chi connectivity index (χ2n) is 9.51. The Balaban J connectivity index is 1.25. The van der Waals surface area contributed by atoms with Crippen molar-refractivity contribution in [3.63, 3.8) is 0 Å². The van der Waals surface area contributed by atoms with Crippen LogP contribution in [0.1, 0.15) is 34.6 Å². The van der Waals surface area contributed by atoms with Gasteiger partial charge in [-0.3, -0.25) is 4.79 Å². The van der Waals surface area contributed by atoms with Gasteiger partial charge in [-0.05, 0) is 53.6 Å². The smallest absolute Gasteiger partial charge is 0.277 e. The van der Waals surface area contributed by atoms with Crippen LogP contribution in [-0.2, 0) is 31.7 Å². The van der Waals surface area contributed by atoms with Gasteiger partial charge in [-0.1, -0.05) is 78.5 Å². The molecule has 2 heterocycles. The van der Waals surface area contributed by atoms with Gasteiger partial charge in [-0.15, -0.1) is 0 Å². The van der Waals surface area contributed by atoms with Crippen LogP contribution in [0.25, 0.3) is 11.1 Å². The Morgan fingerprint density at radius 3 is 2.37 bits per heavy atom. The number of imidazole rings is 1. The van der Waals surface area contributed by atoms with Gasteiger partial charge in [0.05, 0.1) is 6.54 Å². The molecule has 1 aliphatic carbocycles. The predicted octanol–water partition coefficient (Wildman–Crippen LogP) is 6.12. The molecule has 5 nitrogen and oxygen atoms in total. The molecule has 0 aliphatic heterocycles. The van der Waals surface area contributed by atoms with Crippen LogP contribution < -0.4 is 5.56 Å². The average Bonchev–Trinajstić information content (AvgIpc) is 3.61. The highest BCUT2D eigenvalue weighted by atomic mass is 32.2. The molecular weight excluding hydrogens is 495 g/mol. The summed E-state index contributed by atoms with van der Waals surface area (Å²) < 4.78 is 17.7. The monoisotopic (exact) mass is 522 g/mol. The van der Waals surface area contributed by atoms with Crippen LogP contribution in [0.4, 0.5) is 4.39 Å². The number of benzene rings is 3. The Morgan fingerprint density at radius 2 is 1.58 bits per heavy atom. The summed E-state index contributed by atoms with van der Waals surface area (Å²) in [5.41, 5.74) is 6.33. The molecule has 1 aliphatic rings. The Morgan fingerprint density at radius 1 is 0.842 bits per heavy atom. The first-order valence-electron chi connectivity index (χ1n) is 12.8. The van der Waals surface area contributed by atoms with E-state index in [0.717, 1.165) is 41.9 Å². The van der Waals surface area contributed by atoms with E-state index in [2.05, 4.69) is 67.6 Å². The quantitative estimate of drug-likeness (QED) is 0.182. The topological polar surface area (TPSA) is 52.7 Å². The van der Waals surface area contributed by atoms with Gasteiger partial charge in [0.2, 0.25) is 0 Å². The van der Waals surface area contributed by atoms with Crippen molar-refractivity contribution in [2.24, 2.45) is 0 Å². The van der Waals surface area contributed by atoms with Crippen LogP contribution in [-0.4, -0.2) is 19.1 Å². The van der Waals surface area contributed by atoms with E-state index in [1.165, 1.54) is 40.6 Å². The fourth-order valence-corrected chi connectivity index (χ4v) is 5.96. The summed E-state index contributed by atoms with van der Waals surface area (Å²) in [5.74, 6) is 1.27. The Kier molecular flexibility index (Phi) is 6.92. The molecule has 0 amide bonds. The number of nitrogens with zero attached hydrogens (tertiary/aromatic N) is 4. The summed E-state index contributed by atoms with van der Waals surface area (Å²) in [5, 5.41) is 0.682. The first-order valence-corrected chi connectivity index (χ1v) is 13.8. The van der Waals surface area contributed by atoms with Crippen LogP contribution in [0.3, 0.4) is 0 Å². The molecule has 5 aromatic rings. The molecule has 7 heteroatoms. The van der Waals surface area contributed by atoms with Crippen LogP contribution in [0, 0.1) is 5.82 Å². The van der Waals surface area contributed by atoms with Crippen LogP contribution in [0.15, 0.2) is 101 Å². The van der Waals surface area contributed by atoms with Gasteiger partial charge in [0, 0.05) is 35.9 Å². The Hall–Kier alpha value is -3.97. The van der Waals surface area contributed by atoms with Gasteiger partial charge in [-0.2, -0.15) is 4.98 Å². The molecule has 0 saturated heterocycles. The molecule has 2 aromatic heterocycles. The fraction of sp³-hybridized carbons (Fsp3) is 0.194. The Labute approximate surface area is 225 Å². The van der Waals surface area contributed by atoms with Gasteiger partial charge in [0.15, 0.2) is 5.16 Å². The lowest BCUT2D eigenvalue weighted by Gasteiger charge is -2.18. The number of aromatic nitrogens is 4. The molecule has 190 valence electrons. The molecule has 0 spiro atoms. The molecule has 0 N–H and O–H groups in total. The van der Waals surface area contributed by atoms with Crippen molar-refractivity contribution in [1.82, 2.24) is 19.1 Å². The maximum atomic E-state index is 13.3. The summed E-state index contributed by atoms with van der Waals surface area (Å²) in [4.78, 5) is 21.9. The lowest BCUT2D eigenvalue weighted by atomic mass is 10.0. The second-order valence-corrected chi connectivity index (χ2v) is 10.5. The van der Waals surface area contributed by atoms with E-state index in [1.807, 2.05) is 18.5 Å². The second kappa shape index (κ2) is 10.8. The zero-order valence-electron chi connectivity index (χ0n) is 20.9. The third kappa shape index (κ3) is 5.20. The number of hydrogen-bond donors (Lipinski definition) is 0. The summed E-state index contributed by atoms with van der Waals surface area (Å²) in [6.45, 7) is 1.24. The number of thioether (sulfide) groups is 1. The molecule has 0 unspecified atom stereocenters. The SMILES string of the molecule is O=c1nc(SCc2ccc(F)cc2)n(Cc2nccn2Cc2ccc(-c3ccccc3)cc2)c2c1CCC2. The first-order chi connectivity index (χ1) is 18.6. The van der Waals surface area contributed by atoms with Gasteiger partial charge in [-0.25, -0.2) is 9.37 Å². The van der Waals surface area contributed by atoms with E-state index in [1.54, 1.807) is 12.1 Å². The molecule has 6 rings (SSSR count). The van der Waals surface area contributed by atoms with Crippen LogP contribution >= 0.6 is 11.8 Å². The van der Waals surface area contributed by atoms with Crippen molar-refractivity contribution in [2.75, 3.05) is 0 Å². The first kappa shape index (κ1) is 24.4. The minimum Gasteiger partial charge on any atom is -0.329 e. The third-order valence-corrected chi connectivity index (χ3v) is 8.04. The lowest BCUT2D eigenvalue weighted by Crippen LogP contribution is -2.23. The normalized spacial score (nSPS) is 12.6. The number of rotatable bonds is 8. The molecule has 3 aromatic carbocycles. The summed E-state index contributed by atoms with van der Waals surface area (Å²) in [6, 6.07) is 25.5. The minimum absolute atomic E-state index is 0.128. The van der Waals surface area contributed by atoms with Gasteiger partial charge in [0.25, 0.3) is 5.56 Å². The van der Waals surface area contributed by atoms with E-state index in [-0.39, 0.29) is 11.4 Å². The highest BCUT2D eigenvalue weighted by Crippen LogP contribution is 2.27. The molecule has 0 fully saturated rings. The highest BCUT2D eigenvalue weighted by molar-refractivity contribution is 7.98. The summed E-state index contributed by atoms with van der Waals surface area (Å²) >= 11 is 1.51. The number of fused-ring (bicyclic) bond motifs is 1. The van der Waals surface area contributed by atoms with E-state index < -0.39 is 0 Å². The lowest BCUT2D eigenvalue weighted by molar-refractivity contribution is 0.581. The van der Waals surface area contributed by atoms with E-state index >= 15 is 0 Å². The van der Waals surface area contributed by atoms with Crippen LogP contribution in [0.2, 0.25) is 0 Å². The zero-order chi connectivity index (χ0) is 25.9. The van der Waals surface area contributed by atoms with Crippen molar-refractivity contribution in [1.29, 1.82) is 0 Å². The number of halogens is 1. The summed E-state index contributed by atoms with van der Waals surface area (Å²) in [6.07, 6.45) is 6.42. The highest BCUT2D eigenvalue weighted by Gasteiger charge is 2.23. The van der Waals surface area contributed by atoms with Gasteiger partial charge in [0.1, 0.15) is 11.6 Å². The minimum atomic E-state index is -0.257. The zero-order valence-corrected chi connectivity index (χ0v) is 21.7. The summed E-state index contributed by atoms with van der Waals surface area (Å²) in [7, 11) is 0. The predicted molar refractivity (Wildman–Crippen MR) is 149 cm³/mol. The van der Waals surface area contributed by atoms with Crippen LogP contribution in [0.5, 0.6) is 0 Å². The molecule has 0 bridgehead atoms. The standard InChI is InChI=1S/C31H27FN4OS/c32-26-15-11-23(12-16-26)21-38-31-34-30(37)27-7-4-8-28(27)36(31)20-29-33-17-18-35(29)19-22-9-13-25(14-10-22)24-5-2-1-3-6-24/h1-3,5-6,9-18H,4,7-8,19-21H2. The maximum Gasteiger partial charge on any atom is 0.277 e. The molecule has 0 radical (unpaired) electrons. The largest absolute Gasteiger partial charge is 0.329 e. The molecular formula is C31H27FN4OS.